The van der Waals surface area contributed by atoms with Gasteiger partial charge in [0.05, 0.1) is 5.56 Å². The molecular formula is C18H20NO3+. The molecule has 0 aliphatic heterocycles. The maximum absolute atomic E-state index is 11.9. The predicted molar refractivity (Wildman–Crippen MR) is 84.5 cm³/mol. The average molecular weight is 298 g/mol. The Morgan fingerprint density at radius 3 is 2.23 bits per heavy atom. The lowest BCUT2D eigenvalue weighted by molar-refractivity contribution is -0.819. The van der Waals surface area contributed by atoms with Gasteiger partial charge in [-0.3, -0.25) is 5.21 Å². The van der Waals surface area contributed by atoms with Gasteiger partial charge in [-0.05, 0) is 29.0 Å². The van der Waals surface area contributed by atoms with Gasteiger partial charge in [0.15, 0.2) is 6.61 Å². The monoisotopic (exact) mass is 298 g/mol. The van der Waals surface area contributed by atoms with Crippen LogP contribution in [0.4, 0.5) is 0 Å². The predicted octanol–water partition coefficient (Wildman–Crippen LogP) is 3.14. The van der Waals surface area contributed by atoms with Crippen LogP contribution < -0.4 is 0 Å². The summed E-state index contributed by atoms with van der Waals surface area (Å²) in [4.78, 5) is 11.9. The van der Waals surface area contributed by atoms with Crippen molar-refractivity contribution in [3.63, 3.8) is 0 Å². The molecule has 0 aliphatic rings. The molecule has 114 valence electrons. The molecule has 2 aromatic rings. The Morgan fingerprint density at radius 2 is 1.64 bits per heavy atom. The first kappa shape index (κ1) is 15.8. The molecular weight excluding hydrogens is 278 g/mol. The number of benzene rings is 2. The smallest absolute Gasteiger partial charge is 0.338 e. The van der Waals surface area contributed by atoms with E-state index < -0.39 is 11.5 Å². The molecule has 0 spiro atoms. The van der Waals surface area contributed by atoms with Gasteiger partial charge in [0.2, 0.25) is 11.8 Å². The van der Waals surface area contributed by atoms with E-state index in [1.807, 2.05) is 36.4 Å². The van der Waals surface area contributed by atoms with Gasteiger partial charge in [0.25, 0.3) is 0 Å². The van der Waals surface area contributed by atoms with Crippen molar-refractivity contribution in [3.8, 4) is 0 Å². The molecule has 0 aliphatic carbocycles. The van der Waals surface area contributed by atoms with E-state index in [2.05, 4.69) is 0 Å². The zero-order valence-corrected chi connectivity index (χ0v) is 12.8. The number of carbonyl (C=O) groups is 1. The zero-order valence-electron chi connectivity index (χ0n) is 12.8. The summed E-state index contributed by atoms with van der Waals surface area (Å²) in [5.41, 5.74) is 0.627. The second kappa shape index (κ2) is 6.89. The largest absolute Gasteiger partial charge is 0.455 e. The molecule has 0 bridgehead atoms. The molecule has 0 unspecified atom stereocenters. The summed E-state index contributed by atoms with van der Waals surface area (Å²) < 4.78 is 6.36. The molecule has 2 aromatic carbocycles. The van der Waals surface area contributed by atoms with Crippen molar-refractivity contribution in [3.05, 3.63) is 71.8 Å². The van der Waals surface area contributed by atoms with E-state index >= 15 is 0 Å². The minimum atomic E-state index is -0.736. The van der Waals surface area contributed by atoms with Crippen LogP contribution in [0.1, 0.15) is 29.8 Å². The third-order valence-corrected chi connectivity index (χ3v) is 3.26. The fraction of sp³-hybridized carbons (Fsp3) is 0.222. The highest BCUT2D eigenvalue weighted by Crippen LogP contribution is 2.10. The fourth-order valence-electron chi connectivity index (χ4n) is 1.82. The van der Waals surface area contributed by atoms with Crippen molar-refractivity contribution >= 4 is 12.2 Å². The second-order valence-corrected chi connectivity index (χ2v) is 5.64. The van der Waals surface area contributed by atoms with Gasteiger partial charge >= 0.3 is 5.97 Å². The van der Waals surface area contributed by atoms with E-state index in [-0.39, 0.29) is 6.61 Å². The SMILES string of the molecule is CC(C)(COC(=O)c1ccccc1)[N+](O)=Cc1ccccc1. The standard InChI is InChI=1S/C18H20NO3/c1-18(2,19(21)13-15-9-5-3-6-10-15)14-22-17(20)16-11-7-4-8-12-16/h3-13,21H,14H2,1-2H3/q+1. The fourth-order valence-corrected chi connectivity index (χ4v) is 1.82. The first-order chi connectivity index (χ1) is 10.5. The second-order valence-electron chi connectivity index (χ2n) is 5.64. The van der Waals surface area contributed by atoms with Crippen LogP contribution in [0.25, 0.3) is 0 Å². The van der Waals surface area contributed by atoms with Crippen LogP contribution in [0.2, 0.25) is 0 Å². The molecule has 0 amide bonds. The number of hydroxylamine groups is 1. The maximum atomic E-state index is 11.9. The normalized spacial score (nSPS) is 12.0. The Morgan fingerprint density at radius 1 is 1.09 bits per heavy atom. The van der Waals surface area contributed by atoms with Gasteiger partial charge in [0.1, 0.15) is 0 Å². The van der Waals surface area contributed by atoms with Gasteiger partial charge in [-0.15, -0.1) is 0 Å². The third kappa shape index (κ3) is 4.19. The van der Waals surface area contributed by atoms with E-state index in [1.54, 1.807) is 44.3 Å². The minimum absolute atomic E-state index is 0.0700. The summed E-state index contributed by atoms with van der Waals surface area (Å²) >= 11 is 0. The lowest BCUT2D eigenvalue weighted by atomic mass is 10.1. The maximum Gasteiger partial charge on any atom is 0.338 e. The van der Waals surface area contributed by atoms with Gasteiger partial charge < -0.3 is 4.74 Å². The van der Waals surface area contributed by atoms with Crippen molar-refractivity contribution in [2.75, 3.05) is 6.61 Å². The highest BCUT2D eigenvalue weighted by Gasteiger charge is 2.33. The summed E-state index contributed by atoms with van der Waals surface area (Å²) in [6.45, 7) is 3.66. The third-order valence-electron chi connectivity index (χ3n) is 3.26. The van der Waals surface area contributed by atoms with Gasteiger partial charge in [-0.1, -0.05) is 36.4 Å². The molecule has 22 heavy (non-hydrogen) atoms. The van der Waals surface area contributed by atoms with E-state index in [0.717, 1.165) is 10.3 Å². The van der Waals surface area contributed by atoms with Crippen molar-refractivity contribution < 1.29 is 19.5 Å². The topological polar surface area (TPSA) is 49.5 Å². The minimum Gasteiger partial charge on any atom is -0.455 e. The number of rotatable bonds is 5. The number of hydrogen-bond acceptors (Lipinski definition) is 3. The summed E-state index contributed by atoms with van der Waals surface area (Å²) in [7, 11) is 0. The summed E-state index contributed by atoms with van der Waals surface area (Å²) in [5.74, 6) is -0.401. The van der Waals surface area contributed by atoms with E-state index in [1.165, 1.54) is 0 Å². The number of nitrogens with zero attached hydrogens (tertiary/aromatic N) is 1. The van der Waals surface area contributed by atoms with E-state index in [0.29, 0.717) is 5.56 Å². The van der Waals surface area contributed by atoms with Crippen LogP contribution in [0.15, 0.2) is 60.7 Å². The van der Waals surface area contributed by atoms with Crippen LogP contribution in [-0.2, 0) is 4.74 Å². The Balaban J connectivity index is 2.01. The molecule has 0 saturated heterocycles. The number of ether oxygens (including phenoxy) is 1. The van der Waals surface area contributed by atoms with Crippen molar-refractivity contribution in [1.29, 1.82) is 0 Å². The highest BCUT2D eigenvalue weighted by molar-refractivity contribution is 5.89. The van der Waals surface area contributed by atoms with Gasteiger partial charge in [-0.25, -0.2) is 4.79 Å². The number of carbonyl (C=O) groups excluding carboxylic acids is 1. The molecule has 0 fully saturated rings. The van der Waals surface area contributed by atoms with Crippen LogP contribution >= 0.6 is 0 Å². The first-order valence-electron chi connectivity index (χ1n) is 7.09. The van der Waals surface area contributed by atoms with Crippen molar-refractivity contribution in [2.24, 2.45) is 0 Å². The average Bonchev–Trinajstić information content (AvgIpc) is 2.54. The molecule has 2 rings (SSSR count). The molecule has 0 heterocycles. The molecule has 0 aromatic heterocycles. The van der Waals surface area contributed by atoms with Gasteiger partial charge in [-0.2, -0.15) is 0 Å². The molecule has 4 heteroatoms. The van der Waals surface area contributed by atoms with Crippen molar-refractivity contribution in [2.45, 2.75) is 19.4 Å². The Labute approximate surface area is 130 Å². The molecule has 0 saturated carbocycles. The molecule has 4 nitrogen and oxygen atoms in total. The highest BCUT2D eigenvalue weighted by atomic mass is 16.5. The molecule has 0 radical (unpaired) electrons. The van der Waals surface area contributed by atoms with E-state index in [9.17, 15) is 10.0 Å². The summed E-state index contributed by atoms with van der Waals surface area (Å²) in [6, 6.07) is 18.3. The lowest BCUT2D eigenvalue weighted by Crippen LogP contribution is -2.40. The van der Waals surface area contributed by atoms with Gasteiger partial charge in [0, 0.05) is 19.4 Å². The Hall–Kier alpha value is -2.62. The number of esters is 1. The quantitative estimate of drug-likeness (QED) is 0.303. The molecule has 1 N–H and O–H groups in total. The molecule has 0 atom stereocenters. The van der Waals surface area contributed by atoms with Crippen LogP contribution in [-0.4, -0.2) is 34.3 Å². The van der Waals surface area contributed by atoms with Crippen LogP contribution in [0.3, 0.4) is 0 Å². The summed E-state index contributed by atoms with van der Waals surface area (Å²) in [6.07, 6.45) is 1.61. The zero-order chi connectivity index (χ0) is 16.0. The Kier molecular flexibility index (Phi) is 4.94. The Bertz CT molecular complexity index is 649. The summed E-state index contributed by atoms with van der Waals surface area (Å²) in [5, 5.41) is 10.2. The van der Waals surface area contributed by atoms with Crippen LogP contribution in [0, 0.1) is 0 Å². The van der Waals surface area contributed by atoms with E-state index in [4.69, 9.17) is 4.74 Å². The number of hydrogen-bond donors (Lipinski definition) is 1. The lowest BCUT2D eigenvalue weighted by Gasteiger charge is -2.16. The first-order valence-corrected chi connectivity index (χ1v) is 7.09. The van der Waals surface area contributed by atoms with Crippen LogP contribution in [0.5, 0.6) is 0 Å². The van der Waals surface area contributed by atoms with Crippen molar-refractivity contribution in [1.82, 2.24) is 0 Å².